The van der Waals surface area contributed by atoms with Crippen LogP contribution in [0.1, 0.15) is 17.1 Å². The fourth-order valence-corrected chi connectivity index (χ4v) is 2.95. The average Bonchev–Trinajstić information content (AvgIpc) is 3.30. The van der Waals surface area contributed by atoms with E-state index in [1.807, 2.05) is 39.0 Å². The molecule has 9 heteroatoms. The number of nitrogens with one attached hydrogen (secondary N) is 1. The Labute approximate surface area is 167 Å². The van der Waals surface area contributed by atoms with Gasteiger partial charge < -0.3 is 5.32 Å². The van der Waals surface area contributed by atoms with Gasteiger partial charge in [-0.2, -0.15) is 14.9 Å². The van der Waals surface area contributed by atoms with Gasteiger partial charge in [-0.05, 0) is 32.9 Å². The second-order valence-electron chi connectivity index (χ2n) is 6.69. The average molecular weight is 388 g/mol. The van der Waals surface area contributed by atoms with E-state index < -0.39 is 0 Å². The molecule has 0 aromatic carbocycles. The van der Waals surface area contributed by atoms with E-state index in [0.717, 1.165) is 28.3 Å². The first-order valence-electron chi connectivity index (χ1n) is 9.10. The smallest absolute Gasteiger partial charge is 0.247 e. The molecule has 0 saturated heterocycles. The lowest BCUT2D eigenvalue weighted by Gasteiger charge is -2.08. The third-order valence-corrected chi connectivity index (χ3v) is 4.25. The highest BCUT2D eigenvalue weighted by Gasteiger charge is 2.14. The van der Waals surface area contributed by atoms with Crippen LogP contribution >= 0.6 is 0 Å². The van der Waals surface area contributed by atoms with Crippen molar-refractivity contribution >= 4 is 11.7 Å². The molecule has 0 bridgehead atoms. The van der Waals surface area contributed by atoms with Crippen molar-refractivity contribution in [2.75, 3.05) is 5.32 Å². The van der Waals surface area contributed by atoms with E-state index in [0.29, 0.717) is 11.6 Å². The molecule has 0 saturated carbocycles. The lowest BCUT2D eigenvalue weighted by molar-refractivity contribution is -0.116. The highest BCUT2D eigenvalue weighted by atomic mass is 16.2. The highest BCUT2D eigenvalue weighted by Crippen LogP contribution is 2.19. The number of amides is 1. The van der Waals surface area contributed by atoms with Gasteiger partial charge in [-0.1, -0.05) is 6.07 Å². The normalized spacial score (nSPS) is 10.9. The summed E-state index contributed by atoms with van der Waals surface area (Å²) >= 11 is 0. The van der Waals surface area contributed by atoms with E-state index in [1.165, 1.54) is 0 Å². The topological polar surface area (TPSA) is 103 Å². The maximum absolute atomic E-state index is 12.6. The fourth-order valence-electron chi connectivity index (χ4n) is 2.95. The van der Waals surface area contributed by atoms with Gasteiger partial charge in [0.05, 0.1) is 29.0 Å². The molecule has 0 unspecified atom stereocenters. The second-order valence-corrected chi connectivity index (χ2v) is 6.69. The van der Waals surface area contributed by atoms with E-state index in [-0.39, 0.29) is 12.5 Å². The lowest BCUT2D eigenvalue weighted by atomic mass is 10.2. The van der Waals surface area contributed by atoms with Crippen molar-refractivity contribution in [1.29, 1.82) is 0 Å². The summed E-state index contributed by atoms with van der Waals surface area (Å²) in [6, 6.07) is 7.32. The maximum Gasteiger partial charge on any atom is 0.247 e. The molecule has 0 radical (unpaired) electrons. The molecule has 0 atom stereocenters. The first-order chi connectivity index (χ1) is 14.0. The number of aromatic nitrogens is 7. The Hall–Kier alpha value is -3.88. The SMILES string of the molecule is Cc1cnc(C)c(-c2cnn(CC(=O)Nc3cc(C)nn3-c3ccccn3)c2)n1. The molecule has 1 N–H and O–H groups in total. The number of hydrogen-bond donors (Lipinski definition) is 1. The standard InChI is InChI=1S/C20H20N8O/c1-13-8-18(28(26-13)17-6-4-5-7-21-17)25-19(29)12-27-11-16(10-23-27)20-15(3)22-9-14(2)24-20/h4-11H,12H2,1-3H3,(H,25,29). The predicted octanol–water partition coefficient (Wildman–Crippen LogP) is 2.48. The lowest BCUT2D eigenvalue weighted by Crippen LogP contribution is -2.21. The van der Waals surface area contributed by atoms with Crippen LogP contribution in [0.25, 0.3) is 17.1 Å². The quantitative estimate of drug-likeness (QED) is 0.563. The van der Waals surface area contributed by atoms with E-state index in [9.17, 15) is 4.79 Å². The second kappa shape index (κ2) is 7.63. The number of hydrogen-bond acceptors (Lipinski definition) is 6. The number of nitrogens with zero attached hydrogens (tertiary/aromatic N) is 7. The summed E-state index contributed by atoms with van der Waals surface area (Å²) in [5.74, 6) is 0.966. The zero-order valence-corrected chi connectivity index (χ0v) is 16.4. The van der Waals surface area contributed by atoms with Gasteiger partial charge in [0.2, 0.25) is 5.91 Å². The minimum atomic E-state index is -0.219. The maximum atomic E-state index is 12.6. The number of pyridine rings is 1. The highest BCUT2D eigenvalue weighted by molar-refractivity contribution is 5.90. The van der Waals surface area contributed by atoms with Crippen LogP contribution in [0, 0.1) is 20.8 Å². The number of carbonyl (C=O) groups is 1. The Balaban J connectivity index is 1.51. The zero-order valence-electron chi connectivity index (χ0n) is 16.4. The van der Waals surface area contributed by atoms with Gasteiger partial charge in [-0.25, -0.2) is 9.97 Å². The first-order valence-corrected chi connectivity index (χ1v) is 9.10. The van der Waals surface area contributed by atoms with E-state index >= 15 is 0 Å². The number of aryl methyl sites for hydroxylation is 3. The van der Waals surface area contributed by atoms with Gasteiger partial charge in [-0.3, -0.25) is 14.5 Å². The van der Waals surface area contributed by atoms with Crippen molar-refractivity contribution in [2.45, 2.75) is 27.3 Å². The summed E-state index contributed by atoms with van der Waals surface area (Å²) in [6.45, 7) is 5.71. The van der Waals surface area contributed by atoms with Gasteiger partial charge in [0.1, 0.15) is 12.4 Å². The minimum Gasteiger partial charge on any atom is -0.309 e. The largest absolute Gasteiger partial charge is 0.309 e. The van der Waals surface area contributed by atoms with E-state index in [4.69, 9.17) is 0 Å². The number of carbonyl (C=O) groups excluding carboxylic acids is 1. The summed E-state index contributed by atoms with van der Waals surface area (Å²) < 4.78 is 3.18. The number of anilines is 1. The van der Waals surface area contributed by atoms with Crippen molar-refractivity contribution in [2.24, 2.45) is 0 Å². The molecule has 0 aliphatic carbocycles. The molecule has 0 fully saturated rings. The Kier molecular flexibility index (Phi) is 4.86. The molecule has 29 heavy (non-hydrogen) atoms. The van der Waals surface area contributed by atoms with Crippen molar-refractivity contribution in [3.8, 4) is 17.1 Å². The summed E-state index contributed by atoms with van der Waals surface area (Å²) in [4.78, 5) is 25.7. The van der Waals surface area contributed by atoms with Crippen molar-refractivity contribution in [3.63, 3.8) is 0 Å². The molecule has 146 valence electrons. The molecule has 1 amide bonds. The fraction of sp³-hybridized carbons (Fsp3) is 0.200. The van der Waals surface area contributed by atoms with Gasteiger partial charge in [0.15, 0.2) is 5.82 Å². The molecule has 0 aliphatic heterocycles. The molecule has 4 aromatic heterocycles. The van der Waals surface area contributed by atoms with Crippen LogP contribution in [0.15, 0.2) is 49.1 Å². The Morgan fingerprint density at radius 1 is 1.10 bits per heavy atom. The van der Waals surface area contributed by atoms with Gasteiger partial charge in [0, 0.05) is 30.2 Å². The van der Waals surface area contributed by atoms with E-state index in [2.05, 4.69) is 30.5 Å². The van der Waals surface area contributed by atoms with Gasteiger partial charge in [-0.15, -0.1) is 0 Å². The molecule has 0 spiro atoms. The Morgan fingerprint density at radius 3 is 2.76 bits per heavy atom. The first kappa shape index (κ1) is 18.5. The van der Waals surface area contributed by atoms with Crippen molar-refractivity contribution in [1.82, 2.24) is 34.5 Å². The summed E-state index contributed by atoms with van der Waals surface area (Å²) in [7, 11) is 0. The predicted molar refractivity (Wildman–Crippen MR) is 107 cm³/mol. The Morgan fingerprint density at radius 2 is 1.97 bits per heavy atom. The molecule has 4 rings (SSSR count). The third-order valence-electron chi connectivity index (χ3n) is 4.25. The third kappa shape index (κ3) is 4.03. The monoisotopic (exact) mass is 388 g/mol. The summed E-state index contributed by atoms with van der Waals surface area (Å²) in [5, 5.41) is 11.6. The zero-order chi connectivity index (χ0) is 20.4. The van der Waals surface area contributed by atoms with Crippen LogP contribution < -0.4 is 5.32 Å². The molecule has 4 heterocycles. The van der Waals surface area contributed by atoms with E-state index in [1.54, 1.807) is 40.2 Å². The van der Waals surface area contributed by atoms with Crippen LogP contribution in [0.4, 0.5) is 5.82 Å². The summed E-state index contributed by atoms with van der Waals surface area (Å²) in [5.41, 5.74) is 4.01. The summed E-state index contributed by atoms with van der Waals surface area (Å²) in [6.07, 6.45) is 6.88. The van der Waals surface area contributed by atoms with Crippen LogP contribution in [0.5, 0.6) is 0 Å². The van der Waals surface area contributed by atoms with Crippen molar-refractivity contribution in [3.05, 3.63) is 66.1 Å². The van der Waals surface area contributed by atoms with Crippen LogP contribution in [-0.2, 0) is 11.3 Å². The Bertz CT molecular complexity index is 1160. The van der Waals surface area contributed by atoms with Crippen LogP contribution in [0.2, 0.25) is 0 Å². The molecular formula is C20H20N8O. The molecular weight excluding hydrogens is 368 g/mol. The molecule has 0 aliphatic rings. The molecule has 9 nitrogen and oxygen atoms in total. The van der Waals surface area contributed by atoms with Crippen molar-refractivity contribution < 1.29 is 4.79 Å². The minimum absolute atomic E-state index is 0.0603. The van der Waals surface area contributed by atoms with Gasteiger partial charge >= 0.3 is 0 Å². The van der Waals surface area contributed by atoms with Gasteiger partial charge in [0.25, 0.3) is 0 Å². The molecule has 4 aromatic rings. The van der Waals surface area contributed by atoms with Crippen LogP contribution in [-0.4, -0.2) is 40.4 Å². The van der Waals surface area contributed by atoms with Crippen LogP contribution in [0.3, 0.4) is 0 Å². The number of rotatable bonds is 5.